The van der Waals surface area contributed by atoms with Crippen molar-refractivity contribution in [2.45, 2.75) is 44.1 Å². The number of nitrogen functional groups attached to an aromatic ring is 1. The molecule has 54 heavy (non-hydrogen) atoms. The van der Waals surface area contributed by atoms with Crippen LogP contribution >= 0.6 is 23.1 Å². The molecule has 0 saturated carbocycles. The van der Waals surface area contributed by atoms with Crippen LogP contribution in [0.15, 0.2) is 125 Å². The number of carbonyl (C=O) groups excluding carboxylic acids is 4. The second-order valence-corrected chi connectivity index (χ2v) is 13.9. The van der Waals surface area contributed by atoms with Crippen LogP contribution in [-0.4, -0.2) is 69.6 Å². The van der Waals surface area contributed by atoms with E-state index in [-0.39, 0.29) is 28.8 Å². The van der Waals surface area contributed by atoms with E-state index in [0.29, 0.717) is 11.3 Å². The SMILES string of the molecule is C/C=C\C1=C(C(=O)OC(C)OC(=O)OCC)N2C(=O)C(NC(=O)/C(=N\OC(c3ccccc3)(c3ccccc3)c3ccccc3)c3csc(N)n3)[C@H]2SC1. The van der Waals surface area contributed by atoms with Crippen molar-refractivity contribution >= 4 is 57.9 Å². The summed E-state index contributed by atoms with van der Waals surface area (Å²) in [6.45, 7) is 4.82. The molecule has 3 atom stereocenters. The lowest BCUT2D eigenvalue weighted by Crippen LogP contribution is -2.71. The number of carbonyl (C=O) groups is 4. The molecule has 15 heteroatoms. The molecular formula is C39H37N5O8S2. The van der Waals surface area contributed by atoms with E-state index in [0.717, 1.165) is 28.0 Å². The smallest absolute Gasteiger partial charge is 0.435 e. The zero-order chi connectivity index (χ0) is 38.2. The Labute approximate surface area is 319 Å². The van der Waals surface area contributed by atoms with Gasteiger partial charge in [0.15, 0.2) is 10.8 Å². The summed E-state index contributed by atoms with van der Waals surface area (Å²) in [4.78, 5) is 65.5. The Hall–Kier alpha value is -5.93. The summed E-state index contributed by atoms with van der Waals surface area (Å²) in [5, 5.41) is 8.43. The highest BCUT2D eigenvalue weighted by atomic mass is 32.2. The molecule has 2 aliphatic rings. The van der Waals surface area contributed by atoms with Crippen molar-refractivity contribution in [2.75, 3.05) is 18.1 Å². The van der Waals surface area contributed by atoms with Crippen LogP contribution in [-0.2, 0) is 39.0 Å². The molecule has 2 amide bonds. The number of anilines is 1. The van der Waals surface area contributed by atoms with Crippen molar-refractivity contribution in [3.05, 3.63) is 142 Å². The molecule has 278 valence electrons. The molecule has 3 N–H and O–H groups in total. The summed E-state index contributed by atoms with van der Waals surface area (Å²) in [6.07, 6.45) is 1.13. The van der Waals surface area contributed by atoms with E-state index >= 15 is 0 Å². The summed E-state index contributed by atoms with van der Waals surface area (Å²) in [5.41, 5.74) is 7.38. The monoisotopic (exact) mass is 767 g/mol. The molecule has 1 aromatic heterocycles. The predicted octanol–water partition coefficient (Wildman–Crippen LogP) is 5.73. The number of nitrogens with zero attached hydrogens (tertiary/aromatic N) is 3. The Morgan fingerprint density at radius 2 is 1.59 bits per heavy atom. The van der Waals surface area contributed by atoms with Crippen LogP contribution in [0.4, 0.5) is 9.93 Å². The maximum Gasteiger partial charge on any atom is 0.511 e. The van der Waals surface area contributed by atoms with E-state index in [4.69, 9.17) is 24.8 Å². The molecule has 0 spiro atoms. The molecule has 2 unspecified atom stereocenters. The number of fused-ring (bicyclic) bond motifs is 1. The highest BCUT2D eigenvalue weighted by Gasteiger charge is 2.55. The van der Waals surface area contributed by atoms with Crippen molar-refractivity contribution in [2.24, 2.45) is 5.16 Å². The molecule has 13 nitrogen and oxygen atoms in total. The van der Waals surface area contributed by atoms with Gasteiger partial charge in [0.05, 0.1) is 6.61 Å². The largest absolute Gasteiger partial charge is 0.511 e. The summed E-state index contributed by atoms with van der Waals surface area (Å²) >= 11 is 2.47. The normalized spacial score (nSPS) is 17.6. The first-order valence-electron chi connectivity index (χ1n) is 17.0. The van der Waals surface area contributed by atoms with Gasteiger partial charge in [0.2, 0.25) is 11.9 Å². The Morgan fingerprint density at radius 1 is 1.00 bits per heavy atom. The van der Waals surface area contributed by atoms with Crippen LogP contribution in [0.25, 0.3) is 0 Å². The summed E-state index contributed by atoms with van der Waals surface area (Å²) < 4.78 is 15.1. The number of rotatable bonds is 13. The number of allylic oxidation sites excluding steroid dienone is 2. The van der Waals surface area contributed by atoms with Gasteiger partial charge >= 0.3 is 12.1 Å². The van der Waals surface area contributed by atoms with Gasteiger partial charge in [-0.05, 0) is 19.4 Å². The van der Waals surface area contributed by atoms with E-state index in [9.17, 15) is 19.2 Å². The number of oxime groups is 1. The van der Waals surface area contributed by atoms with Gasteiger partial charge < -0.3 is 30.1 Å². The maximum absolute atomic E-state index is 14.2. The molecule has 6 rings (SSSR count). The van der Waals surface area contributed by atoms with Gasteiger partial charge in [0.1, 0.15) is 22.8 Å². The molecule has 0 radical (unpaired) electrons. The number of ether oxygens (including phenoxy) is 3. The fourth-order valence-electron chi connectivity index (χ4n) is 6.08. The quantitative estimate of drug-likeness (QED) is 0.0425. The van der Waals surface area contributed by atoms with Gasteiger partial charge in [-0.1, -0.05) is 108 Å². The minimum absolute atomic E-state index is 0.0190. The second kappa shape index (κ2) is 16.8. The van der Waals surface area contributed by atoms with Gasteiger partial charge in [0, 0.05) is 34.7 Å². The highest BCUT2D eigenvalue weighted by molar-refractivity contribution is 8.00. The lowest BCUT2D eigenvalue weighted by atomic mass is 9.80. The molecule has 1 fully saturated rings. The molecular weight excluding hydrogens is 731 g/mol. The zero-order valence-electron chi connectivity index (χ0n) is 29.5. The predicted molar refractivity (Wildman–Crippen MR) is 204 cm³/mol. The number of amides is 2. The van der Waals surface area contributed by atoms with Crippen LogP contribution in [0.3, 0.4) is 0 Å². The number of thioether (sulfide) groups is 1. The van der Waals surface area contributed by atoms with Crippen LogP contribution in [0.5, 0.6) is 0 Å². The van der Waals surface area contributed by atoms with Crippen LogP contribution in [0.2, 0.25) is 0 Å². The van der Waals surface area contributed by atoms with Crippen molar-refractivity contribution in [3.8, 4) is 0 Å². The third kappa shape index (κ3) is 7.72. The Morgan fingerprint density at radius 3 is 2.11 bits per heavy atom. The standard InChI is InChI=1S/C39H37N5O8S2/c1-4-15-25-22-53-35-31(34(46)44(35)32(25)36(47)50-24(3)51-38(48)49-5-2)42-33(45)30(29-23-54-37(40)41-29)43-52-39(26-16-9-6-10-17-26,27-18-11-7-12-19-27)28-20-13-8-14-21-28/h4,6-21,23-24,31,35H,5,22H2,1-3H3,(H2,40,41)(H,42,45)/b15-4-,43-30-/t24?,31?,35-/m1/s1. The van der Waals surface area contributed by atoms with E-state index in [1.165, 1.54) is 23.6 Å². The van der Waals surface area contributed by atoms with Crippen molar-refractivity contribution in [1.29, 1.82) is 0 Å². The number of benzene rings is 3. The van der Waals surface area contributed by atoms with Crippen LogP contribution < -0.4 is 11.1 Å². The van der Waals surface area contributed by atoms with Crippen LogP contribution in [0.1, 0.15) is 43.2 Å². The Kier molecular flexibility index (Phi) is 11.8. The maximum atomic E-state index is 14.2. The van der Waals surface area contributed by atoms with E-state index in [1.807, 2.05) is 91.0 Å². The number of nitrogens with two attached hydrogens (primary N) is 1. The van der Waals surface area contributed by atoms with Crippen molar-refractivity contribution in [1.82, 2.24) is 15.2 Å². The van der Waals surface area contributed by atoms with E-state index < -0.39 is 47.2 Å². The third-order valence-corrected chi connectivity index (χ3v) is 10.4. The summed E-state index contributed by atoms with van der Waals surface area (Å²) in [5.74, 6) is -1.86. The van der Waals surface area contributed by atoms with Gasteiger partial charge in [-0.2, -0.15) is 0 Å². The number of nitrogens with one attached hydrogen (secondary N) is 1. The number of esters is 1. The molecule has 0 bridgehead atoms. The minimum Gasteiger partial charge on any atom is -0.435 e. The molecule has 0 aliphatic carbocycles. The van der Waals surface area contributed by atoms with Crippen molar-refractivity contribution < 1.29 is 38.2 Å². The molecule has 3 heterocycles. The summed E-state index contributed by atoms with van der Waals surface area (Å²) in [6, 6.07) is 27.5. The lowest BCUT2D eigenvalue weighted by molar-refractivity contribution is -0.168. The average molecular weight is 768 g/mol. The molecule has 4 aromatic rings. The van der Waals surface area contributed by atoms with Gasteiger partial charge in [-0.25, -0.2) is 14.6 Å². The third-order valence-electron chi connectivity index (χ3n) is 8.44. The van der Waals surface area contributed by atoms with Crippen molar-refractivity contribution in [3.63, 3.8) is 0 Å². The fraction of sp³-hybridized carbons (Fsp3) is 0.231. The molecule has 3 aromatic carbocycles. The first kappa shape index (κ1) is 37.8. The number of hydrogen-bond acceptors (Lipinski definition) is 13. The lowest BCUT2D eigenvalue weighted by Gasteiger charge is -2.49. The Balaban J connectivity index is 1.32. The first-order chi connectivity index (χ1) is 26.2. The zero-order valence-corrected chi connectivity index (χ0v) is 31.2. The molecule has 1 saturated heterocycles. The minimum atomic E-state index is -1.31. The Bertz CT molecular complexity index is 1990. The number of aromatic nitrogens is 1. The topological polar surface area (TPSA) is 172 Å². The number of thiazole rings is 1. The van der Waals surface area contributed by atoms with E-state index in [2.05, 4.69) is 15.5 Å². The number of hydrogen-bond donors (Lipinski definition) is 2. The van der Waals surface area contributed by atoms with Gasteiger partial charge in [-0.3, -0.25) is 14.5 Å². The van der Waals surface area contributed by atoms with Gasteiger partial charge in [0.25, 0.3) is 11.8 Å². The molecule has 2 aliphatic heterocycles. The van der Waals surface area contributed by atoms with E-state index in [1.54, 1.807) is 31.4 Å². The fourth-order valence-corrected chi connectivity index (χ4v) is 7.95. The average Bonchev–Trinajstić information content (AvgIpc) is 3.61. The highest BCUT2D eigenvalue weighted by Crippen LogP contribution is 2.42. The van der Waals surface area contributed by atoms with Crippen LogP contribution in [0, 0.1) is 0 Å². The number of β-lactam (4-membered cyclic amide) rings is 1. The first-order valence-corrected chi connectivity index (χ1v) is 18.9. The van der Waals surface area contributed by atoms with Gasteiger partial charge in [-0.15, -0.1) is 23.1 Å². The second-order valence-electron chi connectivity index (χ2n) is 11.9. The summed E-state index contributed by atoms with van der Waals surface area (Å²) in [7, 11) is 0.